The number of benzene rings is 1. The van der Waals surface area contributed by atoms with Gasteiger partial charge in [0.2, 0.25) is 5.79 Å². The van der Waals surface area contributed by atoms with Gasteiger partial charge in [-0.05, 0) is 75.0 Å². The summed E-state index contributed by atoms with van der Waals surface area (Å²) in [5, 5.41) is 0. The molecule has 3 aliphatic rings. The van der Waals surface area contributed by atoms with Crippen LogP contribution in [0, 0.1) is 0 Å². The second-order valence-electron chi connectivity index (χ2n) is 8.75. The normalized spacial score (nSPS) is 23.1. The van der Waals surface area contributed by atoms with Gasteiger partial charge in [-0.2, -0.15) is 0 Å². The number of ketones is 1. The van der Waals surface area contributed by atoms with E-state index in [4.69, 9.17) is 9.47 Å². The topological polar surface area (TPSA) is 38.8 Å². The van der Waals surface area contributed by atoms with Gasteiger partial charge < -0.3 is 9.47 Å². The van der Waals surface area contributed by atoms with Crippen LogP contribution >= 0.6 is 0 Å². The number of ether oxygens (including phenoxy) is 2. The maximum absolute atomic E-state index is 11.8. The van der Waals surface area contributed by atoms with Crippen molar-refractivity contribution in [2.24, 2.45) is 0 Å². The molecule has 1 aromatic rings. The lowest BCUT2D eigenvalue weighted by Gasteiger charge is -2.47. The smallest absolute Gasteiger partial charge is 0.213 e. The van der Waals surface area contributed by atoms with Crippen molar-refractivity contribution in [2.75, 3.05) is 13.1 Å². The predicted molar refractivity (Wildman–Crippen MR) is 116 cm³/mol. The molecule has 0 amide bonds. The van der Waals surface area contributed by atoms with Crippen molar-refractivity contribution < 1.29 is 14.3 Å². The zero-order valence-corrected chi connectivity index (χ0v) is 18.2. The third kappa shape index (κ3) is 3.93. The van der Waals surface area contributed by atoms with Crippen molar-refractivity contribution in [3.63, 3.8) is 0 Å². The monoisotopic (exact) mass is 395 g/mol. The molecule has 1 spiro atoms. The van der Waals surface area contributed by atoms with Crippen molar-refractivity contribution >= 4 is 11.4 Å². The maximum atomic E-state index is 11.8. The summed E-state index contributed by atoms with van der Waals surface area (Å²) in [6.45, 7) is 10.3. The fraction of sp³-hybridized carbons (Fsp3) is 0.560. The highest BCUT2D eigenvalue weighted by molar-refractivity contribution is 5.97. The van der Waals surface area contributed by atoms with E-state index in [9.17, 15) is 4.79 Å². The summed E-state index contributed by atoms with van der Waals surface area (Å²) in [6.07, 6.45) is 8.03. The second kappa shape index (κ2) is 8.08. The van der Waals surface area contributed by atoms with E-state index in [2.05, 4.69) is 29.2 Å². The molecule has 2 fully saturated rings. The Morgan fingerprint density at radius 1 is 1.14 bits per heavy atom. The van der Waals surface area contributed by atoms with Crippen molar-refractivity contribution in [1.29, 1.82) is 0 Å². The minimum absolute atomic E-state index is 0.113. The first-order valence-electron chi connectivity index (χ1n) is 11.0. The van der Waals surface area contributed by atoms with Crippen molar-refractivity contribution in [2.45, 2.75) is 78.2 Å². The maximum Gasteiger partial charge on any atom is 0.213 e. The second-order valence-corrected chi connectivity index (χ2v) is 8.75. The molecular weight excluding hydrogens is 362 g/mol. The number of likely N-dealkylation sites (tertiary alicyclic amines) is 1. The fourth-order valence-electron chi connectivity index (χ4n) is 4.69. The fourth-order valence-corrected chi connectivity index (χ4v) is 4.69. The van der Waals surface area contributed by atoms with Crippen LogP contribution in [0.5, 0.6) is 5.75 Å². The molecule has 4 rings (SSSR count). The number of fused-ring (bicyclic) bond motifs is 1. The van der Waals surface area contributed by atoms with Gasteiger partial charge in [0, 0.05) is 37.5 Å². The van der Waals surface area contributed by atoms with E-state index in [1.807, 2.05) is 20.8 Å². The van der Waals surface area contributed by atoms with E-state index >= 15 is 0 Å². The van der Waals surface area contributed by atoms with Gasteiger partial charge in [-0.1, -0.05) is 18.6 Å². The first kappa shape index (κ1) is 20.4. The Morgan fingerprint density at radius 3 is 2.45 bits per heavy atom. The summed E-state index contributed by atoms with van der Waals surface area (Å²) in [6, 6.07) is 7.12. The molecule has 0 atom stereocenters. The molecule has 0 aromatic heterocycles. The largest absolute Gasteiger partial charge is 0.462 e. The molecule has 0 N–H and O–H groups in total. The number of rotatable bonds is 4. The van der Waals surface area contributed by atoms with Crippen molar-refractivity contribution in [3.8, 4) is 5.75 Å². The van der Waals surface area contributed by atoms with Gasteiger partial charge in [-0.3, -0.25) is 9.69 Å². The first-order valence-corrected chi connectivity index (χ1v) is 11.0. The number of carbonyl (C=O) groups is 1. The number of Topliss-reactive ketones (excluding diaryl/α,β-unsaturated/α-hetero) is 1. The van der Waals surface area contributed by atoms with Crippen molar-refractivity contribution in [3.05, 3.63) is 46.5 Å². The standard InChI is InChI=1S/C25H33NO3/c1-5-23(18(3)17(2)19(4)27)20-9-10-24-21(15-20)16-28-25(29-24)11-13-26(14-12-25)22-7-6-8-22/h5,9-10,15,22H,6-8,11-14,16H2,1-4H3/b18-17-,23-5+. The van der Waals surface area contributed by atoms with Crippen LogP contribution in [-0.2, 0) is 16.1 Å². The quantitative estimate of drug-likeness (QED) is 0.514. The molecule has 156 valence electrons. The van der Waals surface area contributed by atoms with Gasteiger partial charge in [0.1, 0.15) is 5.75 Å². The molecule has 2 aliphatic heterocycles. The Balaban J connectivity index is 1.50. The zero-order valence-electron chi connectivity index (χ0n) is 18.2. The summed E-state index contributed by atoms with van der Waals surface area (Å²) in [5.41, 5.74) is 5.11. The third-order valence-electron chi connectivity index (χ3n) is 7.09. The van der Waals surface area contributed by atoms with E-state index in [0.717, 1.165) is 65.6 Å². The zero-order chi connectivity index (χ0) is 20.6. The highest BCUT2D eigenvalue weighted by atomic mass is 16.7. The summed E-state index contributed by atoms with van der Waals surface area (Å²) >= 11 is 0. The van der Waals surface area contributed by atoms with Crippen LogP contribution in [-0.4, -0.2) is 35.6 Å². The Hall–Kier alpha value is -1.91. The molecule has 4 nitrogen and oxygen atoms in total. The average Bonchev–Trinajstić information content (AvgIpc) is 2.68. The highest BCUT2D eigenvalue weighted by Crippen LogP contribution is 2.40. The number of hydrogen-bond donors (Lipinski definition) is 0. The van der Waals surface area contributed by atoms with Crippen LogP contribution in [0.2, 0.25) is 0 Å². The lowest BCUT2D eigenvalue weighted by molar-refractivity contribution is -0.231. The Bertz CT molecular complexity index is 855. The van der Waals surface area contributed by atoms with Gasteiger partial charge in [0.05, 0.1) is 6.61 Å². The van der Waals surface area contributed by atoms with Crippen LogP contribution < -0.4 is 4.74 Å². The number of carbonyl (C=O) groups excluding carboxylic acids is 1. The molecule has 1 saturated carbocycles. The summed E-state index contributed by atoms with van der Waals surface area (Å²) < 4.78 is 12.7. The van der Waals surface area contributed by atoms with Gasteiger partial charge in [0.15, 0.2) is 5.78 Å². The summed E-state index contributed by atoms with van der Waals surface area (Å²) in [4.78, 5) is 14.4. The van der Waals surface area contributed by atoms with Crippen LogP contribution in [0.3, 0.4) is 0 Å². The molecule has 1 aliphatic carbocycles. The van der Waals surface area contributed by atoms with Gasteiger partial charge in [-0.25, -0.2) is 0 Å². The number of piperidine rings is 1. The lowest BCUT2D eigenvalue weighted by atomic mass is 9.89. The number of allylic oxidation sites excluding steroid dienone is 4. The average molecular weight is 396 g/mol. The number of hydrogen-bond acceptors (Lipinski definition) is 4. The van der Waals surface area contributed by atoms with Gasteiger partial charge in [0.25, 0.3) is 0 Å². The van der Waals surface area contributed by atoms with Crippen LogP contribution in [0.4, 0.5) is 0 Å². The molecule has 1 saturated heterocycles. The molecule has 4 heteroatoms. The van der Waals surface area contributed by atoms with Gasteiger partial charge >= 0.3 is 0 Å². The summed E-state index contributed by atoms with van der Waals surface area (Å²) in [5.74, 6) is 0.596. The predicted octanol–water partition coefficient (Wildman–Crippen LogP) is 5.27. The molecule has 0 bridgehead atoms. The minimum atomic E-state index is -0.459. The summed E-state index contributed by atoms with van der Waals surface area (Å²) in [7, 11) is 0. The Kier molecular flexibility index (Phi) is 5.67. The van der Waals surface area contributed by atoms with Crippen molar-refractivity contribution in [1.82, 2.24) is 4.90 Å². The van der Waals surface area contributed by atoms with Crippen LogP contribution in [0.25, 0.3) is 5.57 Å². The van der Waals surface area contributed by atoms with Crippen LogP contribution in [0.1, 0.15) is 70.9 Å². The minimum Gasteiger partial charge on any atom is -0.462 e. The highest BCUT2D eigenvalue weighted by Gasteiger charge is 2.42. The molecule has 2 heterocycles. The van der Waals surface area contributed by atoms with Crippen LogP contribution in [0.15, 0.2) is 35.4 Å². The Morgan fingerprint density at radius 2 is 1.86 bits per heavy atom. The van der Waals surface area contributed by atoms with E-state index < -0.39 is 5.79 Å². The number of nitrogens with zero attached hydrogens (tertiary/aromatic N) is 1. The molecular formula is C25H33NO3. The van der Waals surface area contributed by atoms with E-state index in [1.165, 1.54) is 19.3 Å². The van der Waals surface area contributed by atoms with E-state index in [0.29, 0.717) is 6.61 Å². The Labute approximate surface area is 174 Å². The molecule has 0 radical (unpaired) electrons. The van der Waals surface area contributed by atoms with E-state index in [-0.39, 0.29) is 5.78 Å². The molecule has 29 heavy (non-hydrogen) atoms. The molecule has 0 unspecified atom stereocenters. The first-order chi connectivity index (χ1) is 13.9. The van der Waals surface area contributed by atoms with E-state index in [1.54, 1.807) is 6.92 Å². The molecule has 1 aromatic carbocycles. The van der Waals surface area contributed by atoms with Gasteiger partial charge in [-0.15, -0.1) is 0 Å². The SMILES string of the molecule is C/C=C(\C(C)=C(\C)C(C)=O)c1ccc2c(c1)COC1(CCN(C3CCC3)CC1)O2. The lowest BCUT2D eigenvalue weighted by Crippen LogP contribution is -2.54. The third-order valence-corrected chi connectivity index (χ3v) is 7.09.